The van der Waals surface area contributed by atoms with Crippen molar-refractivity contribution in [3.05, 3.63) is 35.0 Å². The smallest absolute Gasteiger partial charge is 0.253 e. The third-order valence-corrected chi connectivity index (χ3v) is 4.86. The number of para-hydroxylation sites is 1. The zero-order valence-corrected chi connectivity index (χ0v) is 13.9. The Morgan fingerprint density at radius 1 is 1.22 bits per heavy atom. The highest BCUT2D eigenvalue weighted by Crippen LogP contribution is 2.24. The van der Waals surface area contributed by atoms with Crippen LogP contribution in [0.4, 0.5) is 0 Å². The monoisotopic (exact) mass is 313 g/mol. The normalized spacial score (nSPS) is 15.9. The van der Waals surface area contributed by atoms with Gasteiger partial charge in [0.25, 0.3) is 5.91 Å². The lowest BCUT2D eigenvalue weighted by Gasteiger charge is -2.31. The van der Waals surface area contributed by atoms with Crippen molar-refractivity contribution in [2.24, 2.45) is 0 Å². The van der Waals surface area contributed by atoms with Crippen LogP contribution in [0.15, 0.2) is 18.2 Å². The maximum Gasteiger partial charge on any atom is 0.253 e. The van der Waals surface area contributed by atoms with Crippen molar-refractivity contribution >= 4 is 22.7 Å². The standard InChI is InChI=1S/C18H23N3O2/c1-11-12(2)19-17-15(11)5-4-6-16(17)18(23)20-14-7-9-21(10-8-14)13(3)22/h4-6,14,19H,7-10H2,1-3H3,(H,20,23). The second-order valence-corrected chi connectivity index (χ2v) is 6.36. The Morgan fingerprint density at radius 2 is 1.91 bits per heavy atom. The molecule has 1 aromatic carbocycles. The van der Waals surface area contributed by atoms with Crippen molar-refractivity contribution in [1.29, 1.82) is 0 Å². The molecular formula is C18H23N3O2. The number of nitrogens with zero attached hydrogens (tertiary/aromatic N) is 1. The van der Waals surface area contributed by atoms with E-state index in [1.807, 2.05) is 30.0 Å². The van der Waals surface area contributed by atoms with E-state index in [-0.39, 0.29) is 17.9 Å². The largest absolute Gasteiger partial charge is 0.358 e. The highest BCUT2D eigenvalue weighted by molar-refractivity contribution is 6.06. The Labute approximate surface area is 136 Å². The number of hydrogen-bond acceptors (Lipinski definition) is 2. The highest BCUT2D eigenvalue weighted by Gasteiger charge is 2.23. The highest BCUT2D eigenvalue weighted by atomic mass is 16.2. The van der Waals surface area contributed by atoms with Gasteiger partial charge < -0.3 is 15.2 Å². The molecule has 0 aliphatic carbocycles. The minimum atomic E-state index is -0.0434. The SMILES string of the molecule is CC(=O)N1CCC(NC(=O)c2cccc3c(C)c(C)[nH]c23)CC1. The lowest BCUT2D eigenvalue weighted by atomic mass is 10.0. The van der Waals surface area contributed by atoms with Gasteiger partial charge in [-0.05, 0) is 38.3 Å². The number of carbonyl (C=O) groups excluding carboxylic acids is 2. The summed E-state index contributed by atoms with van der Waals surface area (Å²) in [5.74, 6) is 0.0648. The molecule has 0 atom stereocenters. The van der Waals surface area contributed by atoms with Crippen molar-refractivity contribution in [2.45, 2.75) is 39.7 Å². The van der Waals surface area contributed by atoms with E-state index in [2.05, 4.69) is 17.2 Å². The number of rotatable bonds is 2. The second-order valence-electron chi connectivity index (χ2n) is 6.36. The molecular weight excluding hydrogens is 290 g/mol. The second kappa shape index (κ2) is 6.07. The maximum atomic E-state index is 12.7. The summed E-state index contributed by atoms with van der Waals surface area (Å²) in [5.41, 5.74) is 3.87. The Hall–Kier alpha value is -2.30. The molecule has 0 saturated carbocycles. The number of amides is 2. The van der Waals surface area contributed by atoms with Crippen LogP contribution in [0.1, 0.15) is 41.4 Å². The van der Waals surface area contributed by atoms with Crippen molar-refractivity contribution in [1.82, 2.24) is 15.2 Å². The fourth-order valence-electron chi connectivity index (χ4n) is 3.27. The summed E-state index contributed by atoms with van der Waals surface area (Å²) in [6.45, 7) is 7.10. The van der Waals surface area contributed by atoms with Crippen molar-refractivity contribution in [3.63, 3.8) is 0 Å². The molecule has 1 fully saturated rings. The van der Waals surface area contributed by atoms with E-state index in [1.54, 1.807) is 6.92 Å². The van der Waals surface area contributed by atoms with Crippen LogP contribution < -0.4 is 5.32 Å². The van der Waals surface area contributed by atoms with Gasteiger partial charge in [-0.15, -0.1) is 0 Å². The van der Waals surface area contributed by atoms with E-state index in [9.17, 15) is 9.59 Å². The topological polar surface area (TPSA) is 65.2 Å². The van der Waals surface area contributed by atoms with E-state index in [0.717, 1.165) is 29.4 Å². The quantitative estimate of drug-likeness (QED) is 0.895. The number of benzene rings is 1. The average molecular weight is 313 g/mol. The third kappa shape index (κ3) is 2.96. The van der Waals surface area contributed by atoms with Gasteiger partial charge in [0.2, 0.25) is 5.91 Å². The molecule has 5 nitrogen and oxygen atoms in total. The molecule has 122 valence electrons. The first-order valence-electron chi connectivity index (χ1n) is 8.11. The van der Waals surface area contributed by atoms with Crippen molar-refractivity contribution in [3.8, 4) is 0 Å². The van der Waals surface area contributed by atoms with Crippen LogP contribution in [0.25, 0.3) is 10.9 Å². The summed E-state index contributed by atoms with van der Waals surface area (Å²) in [4.78, 5) is 29.2. The molecule has 0 radical (unpaired) electrons. The summed E-state index contributed by atoms with van der Waals surface area (Å²) in [6, 6.07) is 5.95. The Kier molecular flexibility index (Phi) is 4.11. The minimum Gasteiger partial charge on any atom is -0.358 e. The van der Waals surface area contributed by atoms with Crippen LogP contribution in [0.3, 0.4) is 0 Å². The van der Waals surface area contributed by atoms with Crippen LogP contribution >= 0.6 is 0 Å². The van der Waals surface area contributed by atoms with Crippen LogP contribution in [0.5, 0.6) is 0 Å². The first-order valence-corrected chi connectivity index (χ1v) is 8.11. The van der Waals surface area contributed by atoms with Gasteiger partial charge in [0.15, 0.2) is 0 Å². The lowest BCUT2D eigenvalue weighted by molar-refractivity contribution is -0.129. The summed E-state index contributed by atoms with van der Waals surface area (Å²) in [5, 5.41) is 4.22. The van der Waals surface area contributed by atoms with Crippen LogP contribution in [-0.2, 0) is 4.79 Å². The number of fused-ring (bicyclic) bond motifs is 1. The predicted molar refractivity (Wildman–Crippen MR) is 90.5 cm³/mol. The summed E-state index contributed by atoms with van der Waals surface area (Å²) in [6.07, 6.45) is 1.62. The lowest BCUT2D eigenvalue weighted by Crippen LogP contribution is -2.46. The number of nitrogens with one attached hydrogen (secondary N) is 2. The molecule has 0 spiro atoms. The molecule has 1 aromatic heterocycles. The van der Waals surface area contributed by atoms with Crippen LogP contribution in [0, 0.1) is 13.8 Å². The van der Waals surface area contributed by atoms with E-state index in [0.29, 0.717) is 18.7 Å². The number of piperidine rings is 1. The molecule has 3 rings (SSSR count). The van der Waals surface area contributed by atoms with Gasteiger partial charge in [-0.2, -0.15) is 0 Å². The zero-order chi connectivity index (χ0) is 16.6. The number of carbonyl (C=O) groups is 2. The van der Waals surface area contributed by atoms with Crippen LogP contribution in [-0.4, -0.2) is 40.8 Å². The summed E-state index contributed by atoms with van der Waals surface area (Å²) < 4.78 is 0. The fourth-order valence-corrected chi connectivity index (χ4v) is 3.27. The van der Waals surface area contributed by atoms with Gasteiger partial charge in [-0.25, -0.2) is 0 Å². The molecule has 2 N–H and O–H groups in total. The van der Waals surface area contributed by atoms with Crippen molar-refractivity contribution in [2.75, 3.05) is 13.1 Å². The Bertz CT molecular complexity index is 755. The van der Waals surface area contributed by atoms with E-state index < -0.39 is 0 Å². The predicted octanol–water partition coefficient (Wildman–Crippen LogP) is 2.53. The van der Waals surface area contributed by atoms with Crippen molar-refractivity contribution < 1.29 is 9.59 Å². The minimum absolute atomic E-state index is 0.0434. The number of H-pyrrole nitrogens is 1. The molecule has 1 saturated heterocycles. The van der Waals surface area contributed by atoms with Gasteiger partial charge in [-0.3, -0.25) is 9.59 Å². The maximum absolute atomic E-state index is 12.7. The molecule has 2 aromatic rings. The number of likely N-dealkylation sites (tertiary alicyclic amines) is 1. The Balaban J connectivity index is 1.75. The average Bonchev–Trinajstić information content (AvgIpc) is 2.83. The molecule has 1 aliphatic heterocycles. The molecule has 2 amide bonds. The van der Waals surface area contributed by atoms with Gasteiger partial charge in [-0.1, -0.05) is 12.1 Å². The molecule has 2 heterocycles. The fraction of sp³-hybridized carbons (Fsp3) is 0.444. The molecule has 23 heavy (non-hydrogen) atoms. The van der Waals surface area contributed by atoms with Crippen LogP contribution in [0.2, 0.25) is 0 Å². The van der Waals surface area contributed by atoms with E-state index >= 15 is 0 Å². The number of aromatic amines is 1. The number of hydrogen-bond donors (Lipinski definition) is 2. The number of aryl methyl sites for hydroxylation is 2. The molecule has 1 aliphatic rings. The third-order valence-electron chi connectivity index (χ3n) is 4.86. The van der Waals surface area contributed by atoms with Gasteiger partial charge in [0.1, 0.15) is 0 Å². The zero-order valence-electron chi connectivity index (χ0n) is 13.9. The first-order chi connectivity index (χ1) is 11.0. The molecule has 0 unspecified atom stereocenters. The molecule has 5 heteroatoms. The summed E-state index contributed by atoms with van der Waals surface area (Å²) in [7, 11) is 0. The number of aromatic nitrogens is 1. The first kappa shape index (κ1) is 15.6. The molecule has 0 bridgehead atoms. The van der Waals surface area contributed by atoms with Gasteiger partial charge in [0.05, 0.1) is 11.1 Å². The summed E-state index contributed by atoms with van der Waals surface area (Å²) >= 11 is 0. The van der Waals surface area contributed by atoms with E-state index in [4.69, 9.17) is 0 Å². The van der Waals surface area contributed by atoms with Gasteiger partial charge in [0, 0.05) is 37.1 Å². The van der Waals surface area contributed by atoms with E-state index in [1.165, 1.54) is 5.56 Å². The van der Waals surface area contributed by atoms with Gasteiger partial charge >= 0.3 is 0 Å². The Morgan fingerprint density at radius 3 is 2.57 bits per heavy atom.